The van der Waals surface area contributed by atoms with Crippen molar-refractivity contribution in [3.05, 3.63) is 52.3 Å². The summed E-state index contributed by atoms with van der Waals surface area (Å²) >= 11 is 5.96. The van der Waals surface area contributed by atoms with Gasteiger partial charge in [0.2, 0.25) is 0 Å². The number of aryl methyl sites for hydroxylation is 2. The van der Waals surface area contributed by atoms with Gasteiger partial charge in [-0.15, -0.1) is 0 Å². The Hall–Kier alpha value is -1.79. The van der Waals surface area contributed by atoms with Crippen LogP contribution in [0.15, 0.2) is 35.2 Å². The van der Waals surface area contributed by atoms with Gasteiger partial charge in [0.25, 0.3) is 10.0 Å². The lowest BCUT2D eigenvalue weighted by atomic mass is 10.1. The Balaban J connectivity index is 2.48. The van der Waals surface area contributed by atoms with Crippen molar-refractivity contribution in [1.29, 1.82) is 0 Å². The molecule has 0 fully saturated rings. The van der Waals surface area contributed by atoms with E-state index in [1.807, 2.05) is 0 Å². The lowest BCUT2D eigenvalue weighted by Crippen LogP contribution is -2.16. The molecular formula is C14H14ClFN2O2S. The monoisotopic (exact) mass is 328 g/mol. The smallest absolute Gasteiger partial charge is 0.262 e. The molecule has 0 aliphatic rings. The van der Waals surface area contributed by atoms with Crippen LogP contribution < -0.4 is 10.5 Å². The number of rotatable bonds is 3. The maximum Gasteiger partial charge on any atom is 0.262 e. The molecule has 0 bridgehead atoms. The van der Waals surface area contributed by atoms with Crippen LogP contribution in [0.1, 0.15) is 11.1 Å². The summed E-state index contributed by atoms with van der Waals surface area (Å²) in [5.41, 5.74) is 6.86. The molecule has 0 unspecified atom stereocenters. The summed E-state index contributed by atoms with van der Waals surface area (Å²) in [6, 6.07) is 6.81. The molecule has 0 radical (unpaired) electrons. The molecule has 2 aromatic rings. The van der Waals surface area contributed by atoms with Gasteiger partial charge < -0.3 is 5.73 Å². The van der Waals surface area contributed by atoms with E-state index in [9.17, 15) is 12.8 Å². The molecule has 0 aliphatic heterocycles. The molecule has 0 amide bonds. The van der Waals surface area contributed by atoms with Crippen molar-refractivity contribution < 1.29 is 12.8 Å². The largest absolute Gasteiger partial charge is 0.399 e. The molecule has 0 saturated carbocycles. The molecule has 0 saturated heterocycles. The molecular weight excluding hydrogens is 315 g/mol. The highest BCUT2D eigenvalue weighted by Crippen LogP contribution is 2.29. The minimum Gasteiger partial charge on any atom is -0.399 e. The summed E-state index contributed by atoms with van der Waals surface area (Å²) < 4.78 is 40.6. The second-order valence-electron chi connectivity index (χ2n) is 4.71. The maximum absolute atomic E-state index is 13.3. The van der Waals surface area contributed by atoms with Gasteiger partial charge >= 0.3 is 0 Å². The molecule has 7 heteroatoms. The molecule has 4 nitrogen and oxygen atoms in total. The van der Waals surface area contributed by atoms with Crippen LogP contribution in [0.25, 0.3) is 0 Å². The first-order chi connectivity index (χ1) is 9.70. The van der Waals surface area contributed by atoms with E-state index in [0.717, 1.165) is 0 Å². The highest BCUT2D eigenvalue weighted by molar-refractivity contribution is 7.92. The zero-order chi connectivity index (χ0) is 15.8. The number of sulfonamides is 1. The van der Waals surface area contributed by atoms with E-state index in [1.165, 1.54) is 44.2 Å². The van der Waals surface area contributed by atoms with Crippen LogP contribution >= 0.6 is 11.6 Å². The van der Waals surface area contributed by atoms with E-state index in [-0.39, 0.29) is 15.6 Å². The second-order valence-corrected chi connectivity index (χ2v) is 6.74. The van der Waals surface area contributed by atoms with Crippen LogP contribution in [0.3, 0.4) is 0 Å². The Labute approximate surface area is 127 Å². The first-order valence-electron chi connectivity index (χ1n) is 6.05. The van der Waals surface area contributed by atoms with E-state index in [4.69, 9.17) is 17.3 Å². The molecule has 0 spiro atoms. The van der Waals surface area contributed by atoms with Gasteiger partial charge in [-0.2, -0.15) is 0 Å². The highest BCUT2D eigenvalue weighted by Gasteiger charge is 2.21. The Bertz CT molecular complexity index is 784. The van der Waals surface area contributed by atoms with Gasteiger partial charge in [-0.05, 0) is 55.3 Å². The Morgan fingerprint density at radius 3 is 2.24 bits per heavy atom. The van der Waals surface area contributed by atoms with Gasteiger partial charge in [0, 0.05) is 5.69 Å². The van der Waals surface area contributed by atoms with E-state index in [0.29, 0.717) is 16.8 Å². The predicted octanol–water partition coefficient (Wildman–Crippen LogP) is 3.48. The number of hydrogen-bond donors (Lipinski definition) is 2. The van der Waals surface area contributed by atoms with Crippen LogP contribution in [0.5, 0.6) is 0 Å². The summed E-state index contributed by atoms with van der Waals surface area (Å²) in [5.74, 6) is -0.477. The fourth-order valence-electron chi connectivity index (χ4n) is 2.13. The number of nitrogens with one attached hydrogen (secondary N) is 1. The van der Waals surface area contributed by atoms with Gasteiger partial charge in [0.1, 0.15) is 5.82 Å². The number of nitrogen functional groups attached to an aromatic ring is 1. The van der Waals surface area contributed by atoms with Crippen molar-refractivity contribution in [3.8, 4) is 0 Å². The molecule has 21 heavy (non-hydrogen) atoms. The molecule has 2 rings (SSSR count). The van der Waals surface area contributed by atoms with E-state index in [2.05, 4.69) is 4.72 Å². The van der Waals surface area contributed by atoms with Crippen molar-refractivity contribution in [2.24, 2.45) is 0 Å². The van der Waals surface area contributed by atoms with Gasteiger partial charge in [-0.3, -0.25) is 4.72 Å². The first kappa shape index (κ1) is 15.6. The second kappa shape index (κ2) is 5.54. The van der Waals surface area contributed by atoms with Crippen LogP contribution in [0.4, 0.5) is 15.8 Å². The Morgan fingerprint density at radius 1 is 1.14 bits per heavy atom. The fourth-order valence-corrected chi connectivity index (χ4v) is 3.96. The number of nitrogens with two attached hydrogens (primary N) is 1. The van der Waals surface area contributed by atoms with Gasteiger partial charge in [0.15, 0.2) is 0 Å². The minimum atomic E-state index is -3.87. The summed E-state index contributed by atoms with van der Waals surface area (Å²) in [4.78, 5) is 0.0387. The topological polar surface area (TPSA) is 72.2 Å². The van der Waals surface area contributed by atoms with Crippen LogP contribution in [-0.4, -0.2) is 8.42 Å². The third-order valence-electron chi connectivity index (χ3n) is 2.93. The number of halogens is 2. The van der Waals surface area contributed by atoms with Crippen molar-refractivity contribution in [3.63, 3.8) is 0 Å². The Morgan fingerprint density at radius 2 is 1.71 bits per heavy atom. The SMILES string of the molecule is Cc1cc(F)cc(C)c1S(=O)(=O)Nc1ccc(N)cc1Cl. The van der Waals surface area contributed by atoms with Crippen molar-refractivity contribution >= 4 is 33.0 Å². The van der Waals surface area contributed by atoms with Gasteiger partial charge in [-0.25, -0.2) is 12.8 Å². The van der Waals surface area contributed by atoms with Crippen molar-refractivity contribution in [1.82, 2.24) is 0 Å². The molecule has 3 N–H and O–H groups in total. The molecule has 2 aromatic carbocycles. The van der Waals surface area contributed by atoms with Gasteiger partial charge in [-0.1, -0.05) is 11.6 Å². The summed E-state index contributed by atoms with van der Waals surface area (Å²) in [6.07, 6.45) is 0. The molecule has 0 atom stereocenters. The minimum absolute atomic E-state index is 0.0387. The predicted molar refractivity (Wildman–Crippen MR) is 82.5 cm³/mol. The average Bonchev–Trinajstić information content (AvgIpc) is 2.30. The zero-order valence-corrected chi connectivity index (χ0v) is 13.0. The standard InChI is InChI=1S/C14H14ClFN2O2S/c1-8-5-10(16)6-9(2)14(8)21(19,20)18-13-4-3-11(17)7-12(13)15/h3-7,18H,17H2,1-2H3. The molecule has 0 heterocycles. The third kappa shape index (κ3) is 3.28. The lowest BCUT2D eigenvalue weighted by Gasteiger charge is -2.14. The van der Waals surface area contributed by atoms with Crippen LogP contribution in [-0.2, 0) is 10.0 Å². The summed E-state index contributed by atoms with van der Waals surface area (Å²) in [6.45, 7) is 3.07. The maximum atomic E-state index is 13.3. The highest BCUT2D eigenvalue weighted by atomic mass is 35.5. The lowest BCUT2D eigenvalue weighted by molar-refractivity contribution is 0.597. The first-order valence-corrected chi connectivity index (χ1v) is 7.91. The zero-order valence-electron chi connectivity index (χ0n) is 11.4. The quantitative estimate of drug-likeness (QED) is 0.847. The third-order valence-corrected chi connectivity index (χ3v) is 4.91. The van der Waals surface area contributed by atoms with Crippen LogP contribution in [0, 0.1) is 19.7 Å². The van der Waals surface area contributed by atoms with Crippen molar-refractivity contribution in [2.75, 3.05) is 10.5 Å². The number of anilines is 2. The molecule has 0 aromatic heterocycles. The normalized spacial score (nSPS) is 11.4. The Kier molecular flexibility index (Phi) is 4.11. The van der Waals surface area contributed by atoms with E-state index >= 15 is 0 Å². The van der Waals surface area contributed by atoms with E-state index < -0.39 is 15.8 Å². The van der Waals surface area contributed by atoms with Gasteiger partial charge in [0.05, 0.1) is 15.6 Å². The molecule has 112 valence electrons. The molecule has 0 aliphatic carbocycles. The summed E-state index contributed by atoms with van der Waals surface area (Å²) in [7, 11) is -3.87. The fraction of sp³-hybridized carbons (Fsp3) is 0.143. The number of hydrogen-bond acceptors (Lipinski definition) is 3. The number of benzene rings is 2. The van der Waals surface area contributed by atoms with Crippen molar-refractivity contribution in [2.45, 2.75) is 18.7 Å². The van der Waals surface area contributed by atoms with E-state index in [1.54, 1.807) is 0 Å². The van der Waals surface area contributed by atoms with Crippen LogP contribution in [0.2, 0.25) is 5.02 Å². The summed E-state index contributed by atoms with van der Waals surface area (Å²) in [5, 5.41) is 0.191. The average molecular weight is 329 g/mol.